The van der Waals surface area contributed by atoms with Crippen LogP contribution < -0.4 is 5.32 Å². The average Bonchev–Trinajstić information content (AvgIpc) is 2.92. The minimum atomic E-state index is -0.299. The summed E-state index contributed by atoms with van der Waals surface area (Å²) in [6, 6.07) is 13.8. The number of carbonyl (C=O) groups excluding carboxylic acids is 3. The summed E-state index contributed by atoms with van der Waals surface area (Å²) in [6.45, 7) is 4.57. The van der Waals surface area contributed by atoms with Crippen molar-refractivity contribution in [2.24, 2.45) is 0 Å². The summed E-state index contributed by atoms with van der Waals surface area (Å²) < 4.78 is 0. The van der Waals surface area contributed by atoms with Crippen LogP contribution in [0.15, 0.2) is 52.3 Å². The zero-order valence-electron chi connectivity index (χ0n) is 16.9. The molecule has 1 saturated heterocycles. The molecular formula is C22H25N3O3S. The topological polar surface area (TPSA) is 69.7 Å². The fourth-order valence-electron chi connectivity index (χ4n) is 3.03. The van der Waals surface area contributed by atoms with E-state index in [9.17, 15) is 14.4 Å². The van der Waals surface area contributed by atoms with Gasteiger partial charge in [0.05, 0.1) is 0 Å². The second kappa shape index (κ2) is 9.13. The quantitative estimate of drug-likeness (QED) is 0.698. The molecule has 0 bridgehead atoms. The molecule has 1 aliphatic heterocycles. The van der Waals surface area contributed by atoms with Gasteiger partial charge in [-0.05, 0) is 67.8 Å². The SMILES string of the molecule is Cc1ccc(Sc2ccc(NC(=O)CCCN3C(=O)CN(C)C3=O)cc2)cc1C. The lowest BCUT2D eigenvalue weighted by molar-refractivity contribution is -0.125. The Kier molecular flexibility index (Phi) is 6.59. The Hall–Kier alpha value is -2.80. The molecule has 3 rings (SSSR count). The van der Waals surface area contributed by atoms with E-state index in [1.165, 1.54) is 25.8 Å². The van der Waals surface area contributed by atoms with E-state index >= 15 is 0 Å². The number of benzene rings is 2. The Labute approximate surface area is 175 Å². The van der Waals surface area contributed by atoms with Crippen LogP contribution in [0.3, 0.4) is 0 Å². The van der Waals surface area contributed by atoms with Crippen LogP contribution in [-0.4, -0.2) is 47.8 Å². The highest BCUT2D eigenvalue weighted by atomic mass is 32.2. The van der Waals surface area contributed by atoms with Gasteiger partial charge in [-0.1, -0.05) is 17.8 Å². The monoisotopic (exact) mass is 411 g/mol. The normalized spacial score (nSPS) is 13.9. The first-order valence-corrected chi connectivity index (χ1v) is 10.4. The maximum absolute atomic E-state index is 12.1. The first-order chi connectivity index (χ1) is 13.8. The largest absolute Gasteiger partial charge is 0.326 e. The molecule has 1 aliphatic rings. The van der Waals surface area contributed by atoms with Crippen molar-refractivity contribution in [3.8, 4) is 0 Å². The van der Waals surface area contributed by atoms with Crippen molar-refractivity contribution in [3.63, 3.8) is 0 Å². The van der Waals surface area contributed by atoms with Crippen molar-refractivity contribution in [1.29, 1.82) is 0 Å². The number of imide groups is 1. The van der Waals surface area contributed by atoms with E-state index < -0.39 is 0 Å². The number of likely N-dealkylation sites (N-methyl/N-ethyl adjacent to an activating group) is 1. The molecule has 1 heterocycles. The maximum Gasteiger partial charge on any atom is 0.326 e. The molecule has 7 heteroatoms. The molecule has 0 unspecified atom stereocenters. The van der Waals surface area contributed by atoms with Crippen molar-refractivity contribution >= 4 is 35.3 Å². The van der Waals surface area contributed by atoms with Gasteiger partial charge in [0.2, 0.25) is 11.8 Å². The third kappa shape index (κ3) is 5.38. The number of amides is 4. The van der Waals surface area contributed by atoms with Crippen LogP contribution in [0.1, 0.15) is 24.0 Å². The summed E-state index contributed by atoms with van der Waals surface area (Å²) in [4.78, 5) is 40.5. The molecule has 0 saturated carbocycles. The van der Waals surface area contributed by atoms with Crippen LogP contribution in [0.2, 0.25) is 0 Å². The van der Waals surface area contributed by atoms with Crippen LogP contribution >= 0.6 is 11.8 Å². The Morgan fingerprint density at radius 2 is 1.72 bits per heavy atom. The molecular weight excluding hydrogens is 386 g/mol. The lowest BCUT2D eigenvalue weighted by Crippen LogP contribution is -2.32. The number of hydrogen-bond acceptors (Lipinski definition) is 4. The van der Waals surface area contributed by atoms with Crippen molar-refractivity contribution in [3.05, 3.63) is 53.6 Å². The smallest absolute Gasteiger partial charge is 0.326 e. The second-order valence-electron chi connectivity index (χ2n) is 7.21. The molecule has 2 aromatic rings. The van der Waals surface area contributed by atoms with Crippen LogP contribution in [-0.2, 0) is 9.59 Å². The van der Waals surface area contributed by atoms with E-state index in [4.69, 9.17) is 0 Å². The minimum Gasteiger partial charge on any atom is -0.326 e. The summed E-state index contributed by atoms with van der Waals surface area (Å²) in [7, 11) is 1.59. The molecule has 0 radical (unpaired) electrons. The Morgan fingerprint density at radius 1 is 1.03 bits per heavy atom. The zero-order chi connectivity index (χ0) is 21.0. The molecule has 0 aliphatic carbocycles. The van der Waals surface area contributed by atoms with E-state index in [2.05, 4.69) is 37.4 Å². The van der Waals surface area contributed by atoms with Gasteiger partial charge < -0.3 is 10.2 Å². The van der Waals surface area contributed by atoms with Gasteiger partial charge in [0.25, 0.3) is 0 Å². The Morgan fingerprint density at radius 3 is 2.34 bits per heavy atom. The van der Waals surface area contributed by atoms with Crippen LogP contribution in [0.25, 0.3) is 0 Å². The second-order valence-corrected chi connectivity index (χ2v) is 8.36. The summed E-state index contributed by atoms with van der Waals surface area (Å²) in [6.07, 6.45) is 0.692. The van der Waals surface area contributed by atoms with Gasteiger partial charge in [-0.15, -0.1) is 0 Å². The van der Waals surface area contributed by atoms with E-state index in [1.807, 2.05) is 24.3 Å². The molecule has 6 nitrogen and oxygen atoms in total. The van der Waals surface area contributed by atoms with Gasteiger partial charge in [-0.2, -0.15) is 0 Å². The fourth-order valence-corrected chi connectivity index (χ4v) is 3.95. The van der Waals surface area contributed by atoms with Gasteiger partial charge in [-0.3, -0.25) is 14.5 Å². The summed E-state index contributed by atoms with van der Waals surface area (Å²) in [5, 5.41) is 2.86. The highest BCUT2D eigenvalue weighted by Gasteiger charge is 2.32. The van der Waals surface area contributed by atoms with Gasteiger partial charge in [0, 0.05) is 35.5 Å². The van der Waals surface area contributed by atoms with Crippen molar-refractivity contribution in [2.45, 2.75) is 36.5 Å². The van der Waals surface area contributed by atoms with E-state index in [-0.39, 0.29) is 37.4 Å². The number of aryl methyl sites for hydroxylation is 2. The lowest BCUT2D eigenvalue weighted by atomic mass is 10.1. The van der Waals surface area contributed by atoms with Crippen molar-refractivity contribution in [1.82, 2.24) is 9.80 Å². The number of nitrogens with zero attached hydrogens (tertiary/aromatic N) is 2. The van der Waals surface area contributed by atoms with Gasteiger partial charge in [0.15, 0.2) is 0 Å². The standard InChI is InChI=1S/C22H25N3O3S/c1-15-6-9-19(13-16(15)2)29-18-10-7-17(8-11-18)23-20(26)5-4-12-25-21(27)14-24(3)22(25)28/h6-11,13H,4-5,12,14H2,1-3H3,(H,23,26). The molecule has 4 amide bonds. The third-order valence-electron chi connectivity index (χ3n) is 4.87. The number of hydrogen-bond donors (Lipinski definition) is 1. The summed E-state index contributed by atoms with van der Waals surface area (Å²) >= 11 is 1.68. The van der Waals surface area contributed by atoms with Crippen LogP contribution in [0.5, 0.6) is 0 Å². The predicted molar refractivity (Wildman–Crippen MR) is 114 cm³/mol. The number of anilines is 1. The number of nitrogens with one attached hydrogen (secondary N) is 1. The van der Waals surface area contributed by atoms with Crippen LogP contribution in [0.4, 0.5) is 10.5 Å². The average molecular weight is 412 g/mol. The van der Waals surface area contributed by atoms with Gasteiger partial charge in [0.1, 0.15) is 6.54 Å². The molecule has 29 heavy (non-hydrogen) atoms. The number of rotatable bonds is 7. The minimum absolute atomic E-state index is 0.109. The summed E-state index contributed by atoms with van der Waals surface area (Å²) in [5.41, 5.74) is 3.27. The highest BCUT2D eigenvalue weighted by Crippen LogP contribution is 2.29. The highest BCUT2D eigenvalue weighted by molar-refractivity contribution is 7.99. The first kappa shape index (κ1) is 20.9. The summed E-state index contributed by atoms with van der Waals surface area (Å²) in [5.74, 6) is -0.346. The molecule has 1 fully saturated rings. The van der Waals surface area contributed by atoms with Crippen molar-refractivity contribution < 1.29 is 14.4 Å². The fraction of sp³-hybridized carbons (Fsp3) is 0.318. The Bertz CT molecular complexity index is 927. The molecule has 0 atom stereocenters. The Balaban J connectivity index is 1.46. The van der Waals surface area contributed by atoms with Crippen LogP contribution in [0, 0.1) is 13.8 Å². The molecule has 1 N–H and O–H groups in total. The zero-order valence-corrected chi connectivity index (χ0v) is 17.7. The molecule has 0 spiro atoms. The number of carbonyl (C=O) groups is 3. The maximum atomic E-state index is 12.1. The molecule has 152 valence electrons. The predicted octanol–water partition coefficient (Wildman–Crippen LogP) is 4.07. The first-order valence-electron chi connectivity index (χ1n) is 9.54. The van der Waals surface area contributed by atoms with Gasteiger partial charge >= 0.3 is 6.03 Å². The van der Waals surface area contributed by atoms with E-state index in [1.54, 1.807) is 18.8 Å². The third-order valence-corrected chi connectivity index (χ3v) is 5.87. The van der Waals surface area contributed by atoms with Crippen molar-refractivity contribution in [2.75, 3.05) is 25.5 Å². The molecule has 2 aromatic carbocycles. The molecule has 0 aromatic heterocycles. The van der Waals surface area contributed by atoms with Gasteiger partial charge in [-0.25, -0.2) is 4.79 Å². The van der Waals surface area contributed by atoms with E-state index in [0.717, 1.165) is 10.6 Å². The lowest BCUT2D eigenvalue weighted by Gasteiger charge is -2.13. The number of urea groups is 1. The van der Waals surface area contributed by atoms with E-state index in [0.29, 0.717) is 6.42 Å².